The summed E-state index contributed by atoms with van der Waals surface area (Å²) in [6, 6.07) is 0. The molecule has 0 saturated carbocycles. The Morgan fingerprint density at radius 2 is 2.56 bits per heavy atom. The molecule has 0 aromatic heterocycles. The van der Waals surface area contributed by atoms with Crippen molar-refractivity contribution >= 4 is 6.16 Å². The molecule has 1 rings (SSSR count). The molecule has 9 heavy (non-hydrogen) atoms. The Morgan fingerprint density at radius 1 is 1.78 bits per heavy atom. The van der Waals surface area contributed by atoms with Crippen LogP contribution in [0.15, 0.2) is 0 Å². The molecule has 1 fully saturated rings. The maximum Gasteiger partial charge on any atom is 0.507 e. The maximum atomic E-state index is 9.89. The molecule has 0 aliphatic carbocycles. The molecular formula is C5H9NO3. The monoisotopic (exact) mass is 131 g/mol. The zero-order chi connectivity index (χ0) is 6.69. The number of ether oxygens (including phenoxy) is 1. The predicted molar refractivity (Wildman–Crippen MR) is 30.1 cm³/mol. The van der Waals surface area contributed by atoms with E-state index >= 15 is 0 Å². The first-order valence-corrected chi connectivity index (χ1v) is 2.92. The lowest BCUT2D eigenvalue weighted by Gasteiger charge is -2.06. The summed E-state index contributed by atoms with van der Waals surface area (Å²) in [7, 11) is 0. The van der Waals surface area contributed by atoms with Gasteiger partial charge in [-0.25, -0.2) is 4.79 Å². The SMILES string of the molecule is O=C(O)O[C@H]1CCCN1. The van der Waals surface area contributed by atoms with Crippen LogP contribution in [0.3, 0.4) is 0 Å². The molecule has 0 radical (unpaired) electrons. The van der Waals surface area contributed by atoms with Gasteiger partial charge in [-0.2, -0.15) is 0 Å². The lowest BCUT2D eigenvalue weighted by Crippen LogP contribution is -2.26. The first kappa shape index (κ1) is 6.35. The second-order valence-corrected chi connectivity index (χ2v) is 1.97. The van der Waals surface area contributed by atoms with Gasteiger partial charge >= 0.3 is 6.16 Å². The highest BCUT2D eigenvalue weighted by Gasteiger charge is 2.16. The highest BCUT2D eigenvalue weighted by molar-refractivity contribution is 5.57. The van der Waals surface area contributed by atoms with E-state index in [4.69, 9.17) is 5.11 Å². The van der Waals surface area contributed by atoms with Crippen molar-refractivity contribution in [1.82, 2.24) is 5.32 Å². The van der Waals surface area contributed by atoms with Crippen molar-refractivity contribution in [2.45, 2.75) is 19.1 Å². The van der Waals surface area contributed by atoms with Crippen LogP contribution in [-0.4, -0.2) is 24.0 Å². The Kier molecular flexibility index (Phi) is 1.89. The van der Waals surface area contributed by atoms with Gasteiger partial charge in [-0.15, -0.1) is 0 Å². The summed E-state index contributed by atoms with van der Waals surface area (Å²) in [5, 5.41) is 11.0. The van der Waals surface area contributed by atoms with Gasteiger partial charge < -0.3 is 9.84 Å². The summed E-state index contributed by atoms with van der Waals surface area (Å²) in [5.41, 5.74) is 0. The Hall–Kier alpha value is -0.770. The van der Waals surface area contributed by atoms with Crippen LogP contribution in [0.25, 0.3) is 0 Å². The van der Waals surface area contributed by atoms with E-state index in [2.05, 4.69) is 10.1 Å². The lowest BCUT2D eigenvalue weighted by atomic mass is 10.4. The second-order valence-electron chi connectivity index (χ2n) is 1.97. The minimum absolute atomic E-state index is 0.262. The zero-order valence-corrected chi connectivity index (χ0v) is 4.96. The topological polar surface area (TPSA) is 58.6 Å². The smallest absolute Gasteiger partial charge is 0.450 e. The number of hydrogen-bond acceptors (Lipinski definition) is 3. The average molecular weight is 131 g/mol. The average Bonchev–Trinajstić information content (AvgIpc) is 2.15. The fraction of sp³-hybridized carbons (Fsp3) is 0.800. The molecule has 1 aliphatic heterocycles. The highest BCUT2D eigenvalue weighted by Crippen LogP contribution is 2.05. The van der Waals surface area contributed by atoms with Crippen molar-refractivity contribution in [3.05, 3.63) is 0 Å². The Bertz CT molecular complexity index is 109. The van der Waals surface area contributed by atoms with Gasteiger partial charge in [0.1, 0.15) is 0 Å². The van der Waals surface area contributed by atoms with Crippen LogP contribution >= 0.6 is 0 Å². The summed E-state index contributed by atoms with van der Waals surface area (Å²) >= 11 is 0. The van der Waals surface area contributed by atoms with Gasteiger partial charge in [0.05, 0.1) is 0 Å². The fourth-order valence-corrected chi connectivity index (χ4v) is 0.875. The molecule has 0 unspecified atom stereocenters. The third-order valence-electron chi connectivity index (χ3n) is 1.26. The van der Waals surface area contributed by atoms with Gasteiger partial charge in [0, 0.05) is 0 Å². The minimum atomic E-state index is -1.20. The number of rotatable bonds is 1. The Labute approximate surface area is 52.8 Å². The fourth-order valence-electron chi connectivity index (χ4n) is 0.875. The third-order valence-corrected chi connectivity index (χ3v) is 1.26. The van der Waals surface area contributed by atoms with E-state index in [1.165, 1.54) is 0 Å². The van der Waals surface area contributed by atoms with Gasteiger partial charge in [0.15, 0.2) is 6.23 Å². The van der Waals surface area contributed by atoms with Crippen molar-refractivity contribution in [2.75, 3.05) is 6.54 Å². The Balaban J connectivity index is 2.19. The molecule has 1 saturated heterocycles. The van der Waals surface area contributed by atoms with E-state index in [1.54, 1.807) is 0 Å². The van der Waals surface area contributed by atoms with Crippen molar-refractivity contribution in [1.29, 1.82) is 0 Å². The molecule has 2 N–H and O–H groups in total. The van der Waals surface area contributed by atoms with Crippen LogP contribution in [0.1, 0.15) is 12.8 Å². The van der Waals surface area contributed by atoms with Gasteiger partial charge in [0.2, 0.25) is 0 Å². The van der Waals surface area contributed by atoms with Crippen LogP contribution < -0.4 is 5.32 Å². The normalized spacial score (nSPS) is 26.0. The summed E-state index contributed by atoms with van der Waals surface area (Å²) < 4.78 is 4.42. The maximum absolute atomic E-state index is 9.89. The van der Waals surface area contributed by atoms with Gasteiger partial charge in [0.25, 0.3) is 0 Å². The molecule has 1 heterocycles. The van der Waals surface area contributed by atoms with E-state index in [-0.39, 0.29) is 6.23 Å². The van der Waals surface area contributed by atoms with Crippen LogP contribution in [0, 0.1) is 0 Å². The van der Waals surface area contributed by atoms with E-state index < -0.39 is 6.16 Å². The molecule has 0 amide bonds. The van der Waals surface area contributed by atoms with E-state index in [0.717, 1.165) is 19.4 Å². The van der Waals surface area contributed by atoms with Crippen LogP contribution in [-0.2, 0) is 4.74 Å². The lowest BCUT2D eigenvalue weighted by molar-refractivity contribution is 0.0458. The first-order valence-electron chi connectivity index (χ1n) is 2.92. The zero-order valence-electron chi connectivity index (χ0n) is 4.96. The molecular weight excluding hydrogens is 122 g/mol. The van der Waals surface area contributed by atoms with Gasteiger partial charge in [-0.05, 0) is 19.4 Å². The largest absolute Gasteiger partial charge is 0.507 e. The molecule has 1 atom stereocenters. The van der Waals surface area contributed by atoms with Crippen LogP contribution in [0.2, 0.25) is 0 Å². The predicted octanol–water partition coefficient (Wildman–Crippen LogP) is 0.390. The molecule has 0 aromatic rings. The summed E-state index contributed by atoms with van der Waals surface area (Å²) in [4.78, 5) is 9.89. The number of nitrogens with one attached hydrogen (secondary N) is 1. The summed E-state index contributed by atoms with van der Waals surface area (Å²) in [6.07, 6.45) is 0.335. The Morgan fingerprint density at radius 3 is 3.00 bits per heavy atom. The van der Waals surface area contributed by atoms with E-state index in [1.807, 2.05) is 0 Å². The van der Waals surface area contributed by atoms with Crippen molar-refractivity contribution in [3.63, 3.8) is 0 Å². The summed E-state index contributed by atoms with van der Waals surface area (Å²) in [6.45, 7) is 0.859. The molecule has 4 nitrogen and oxygen atoms in total. The van der Waals surface area contributed by atoms with Crippen LogP contribution in [0.4, 0.5) is 4.79 Å². The van der Waals surface area contributed by atoms with Crippen molar-refractivity contribution in [3.8, 4) is 0 Å². The number of hydrogen-bond donors (Lipinski definition) is 2. The number of carbonyl (C=O) groups is 1. The molecule has 52 valence electrons. The van der Waals surface area contributed by atoms with Gasteiger partial charge in [-0.1, -0.05) is 0 Å². The van der Waals surface area contributed by atoms with Crippen molar-refractivity contribution < 1.29 is 14.6 Å². The quantitative estimate of drug-likeness (QED) is 0.505. The molecule has 0 aromatic carbocycles. The summed E-state index contributed by atoms with van der Waals surface area (Å²) in [5.74, 6) is 0. The third kappa shape index (κ3) is 1.89. The molecule has 0 spiro atoms. The molecule has 4 heteroatoms. The van der Waals surface area contributed by atoms with E-state index in [9.17, 15) is 4.79 Å². The second kappa shape index (κ2) is 2.68. The first-order chi connectivity index (χ1) is 4.29. The van der Waals surface area contributed by atoms with Crippen molar-refractivity contribution in [2.24, 2.45) is 0 Å². The number of carboxylic acid groups (broad SMARTS) is 1. The standard InChI is InChI=1S/C5H9NO3/c7-5(8)9-4-2-1-3-6-4/h4,6H,1-3H2,(H,7,8)/t4-/m0/s1. The van der Waals surface area contributed by atoms with E-state index in [0.29, 0.717) is 0 Å². The minimum Gasteiger partial charge on any atom is -0.450 e. The molecule has 1 aliphatic rings. The van der Waals surface area contributed by atoms with Crippen LogP contribution in [0.5, 0.6) is 0 Å². The highest BCUT2D eigenvalue weighted by atomic mass is 16.7. The van der Waals surface area contributed by atoms with Gasteiger partial charge in [-0.3, -0.25) is 5.32 Å². The molecule has 0 bridgehead atoms.